The zero-order valence-electron chi connectivity index (χ0n) is 11.4. The van der Waals surface area contributed by atoms with Crippen molar-refractivity contribution in [2.24, 2.45) is 5.73 Å². The molecule has 0 aromatic heterocycles. The van der Waals surface area contributed by atoms with Gasteiger partial charge in [-0.15, -0.1) is 0 Å². The van der Waals surface area contributed by atoms with Gasteiger partial charge < -0.3 is 15.2 Å². The van der Waals surface area contributed by atoms with E-state index in [0.717, 1.165) is 53.0 Å². The summed E-state index contributed by atoms with van der Waals surface area (Å²) < 4.78 is 11.5. The van der Waals surface area contributed by atoms with Crippen molar-refractivity contribution in [2.75, 3.05) is 13.2 Å². The second-order valence-corrected chi connectivity index (χ2v) is 5.40. The molecule has 1 unspecified atom stereocenters. The highest BCUT2D eigenvalue weighted by Crippen LogP contribution is 2.44. The van der Waals surface area contributed by atoms with Gasteiger partial charge in [0.05, 0.1) is 18.8 Å². The summed E-state index contributed by atoms with van der Waals surface area (Å²) in [5, 5.41) is 0. The summed E-state index contributed by atoms with van der Waals surface area (Å²) in [4.78, 5) is 11.9. The molecule has 2 N–H and O–H groups in total. The Balaban J connectivity index is 2.25. The molecule has 2 aliphatic rings. The minimum Gasteiger partial charge on any atom is -0.493 e. The van der Waals surface area contributed by atoms with E-state index in [1.165, 1.54) is 0 Å². The third kappa shape index (κ3) is 1.91. The van der Waals surface area contributed by atoms with Gasteiger partial charge in [0.2, 0.25) is 0 Å². The Hall–Kier alpha value is -1.55. The lowest BCUT2D eigenvalue weighted by molar-refractivity contribution is 0.101. The lowest BCUT2D eigenvalue weighted by Crippen LogP contribution is -2.19. The maximum Gasteiger partial charge on any atom is 0.163 e. The van der Waals surface area contributed by atoms with Crippen LogP contribution in [0.3, 0.4) is 0 Å². The first-order chi connectivity index (χ1) is 9.09. The summed E-state index contributed by atoms with van der Waals surface area (Å²) in [6.07, 6.45) is 2.40. The Labute approximate surface area is 112 Å². The van der Waals surface area contributed by atoms with E-state index in [0.29, 0.717) is 13.2 Å². The van der Waals surface area contributed by atoms with Crippen LogP contribution in [0.15, 0.2) is 0 Å². The van der Waals surface area contributed by atoms with Crippen LogP contribution in [0.4, 0.5) is 0 Å². The van der Waals surface area contributed by atoms with Crippen LogP contribution < -0.4 is 15.2 Å². The van der Waals surface area contributed by atoms with Crippen molar-refractivity contribution >= 4 is 5.78 Å². The molecular formula is C15H19NO3. The van der Waals surface area contributed by atoms with Crippen molar-refractivity contribution in [1.82, 2.24) is 0 Å². The van der Waals surface area contributed by atoms with E-state index in [4.69, 9.17) is 15.2 Å². The molecule has 0 amide bonds. The van der Waals surface area contributed by atoms with E-state index in [9.17, 15) is 4.79 Å². The second-order valence-electron chi connectivity index (χ2n) is 5.40. The predicted octanol–water partition coefficient (Wildman–Crippen LogP) is 1.65. The van der Waals surface area contributed by atoms with Gasteiger partial charge in [-0.1, -0.05) is 0 Å². The van der Waals surface area contributed by atoms with E-state index in [1.807, 2.05) is 6.92 Å². The van der Waals surface area contributed by atoms with Crippen LogP contribution in [-0.4, -0.2) is 25.0 Å². The Bertz CT molecular complexity index is 514. The van der Waals surface area contributed by atoms with Gasteiger partial charge in [0.1, 0.15) is 11.5 Å². The van der Waals surface area contributed by atoms with Gasteiger partial charge in [0, 0.05) is 35.6 Å². The van der Waals surface area contributed by atoms with Crippen LogP contribution in [0, 0.1) is 0 Å². The number of nitrogens with two attached hydrogens (primary N) is 1. The zero-order chi connectivity index (χ0) is 13.6. The normalized spacial score (nSPS) is 17.4. The molecule has 1 aromatic rings. The molecule has 1 atom stereocenters. The number of fused-ring (bicyclic) bond motifs is 2. The van der Waals surface area contributed by atoms with Gasteiger partial charge in [-0.25, -0.2) is 0 Å². The first-order valence-corrected chi connectivity index (χ1v) is 6.82. The quantitative estimate of drug-likeness (QED) is 0.840. The van der Waals surface area contributed by atoms with Crippen molar-refractivity contribution in [1.29, 1.82) is 0 Å². The highest BCUT2D eigenvalue weighted by molar-refractivity contribution is 6.00. The van der Waals surface area contributed by atoms with Crippen molar-refractivity contribution in [3.05, 3.63) is 22.3 Å². The largest absolute Gasteiger partial charge is 0.493 e. The average molecular weight is 261 g/mol. The summed E-state index contributed by atoms with van der Waals surface area (Å²) in [5.41, 5.74) is 9.98. The number of ether oxygens (including phenoxy) is 2. The molecule has 4 nitrogen and oxygen atoms in total. The zero-order valence-corrected chi connectivity index (χ0v) is 11.4. The number of carbonyl (C=O) groups excluding carboxylic acids is 1. The van der Waals surface area contributed by atoms with Gasteiger partial charge in [-0.05, 0) is 20.3 Å². The van der Waals surface area contributed by atoms with Crippen molar-refractivity contribution in [3.63, 3.8) is 0 Å². The van der Waals surface area contributed by atoms with Crippen LogP contribution in [0.5, 0.6) is 11.5 Å². The van der Waals surface area contributed by atoms with Gasteiger partial charge in [-0.2, -0.15) is 0 Å². The highest BCUT2D eigenvalue weighted by atomic mass is 16.5. The van der Waals surface area contributed by atoms with E-state index in [-0.39, 0.29) is 11.8 Å². The van der Waals surface area contributed by atoms with Crippen molar-refractivity contribution in [3.8, 4) is 11.5 Å². The van der Waals surface area contributed by atoms with Crippen LogP contribution in [0.25, 0.3) is 0 Å². The smallest absolute Gasteiger partial charge is 0.163 e. The third-order valence-corrected chi connectivity index (χ3v) is 3.79. The molecule has 0 spiro atoms. The van der Waals surface area contributed by atoms with E-state index < -0.39 is 0 Å². The first-order valence-electron chi connectivity index (χ1n) is 6.82. The van der Waals surface area contributed by atoms with Gasteiger partial charge in [0.15, 0.2) is 5.78 Å². The number of hydrogen-bond acceptors (Lipinski definition) is 4. The number of ketones is 1. The molecule has 102 valence electrons. The molecule has 0 saturated heterocycles. The number of Topliss-reactive ketones (excluding diaryl/α,β-unsaturated/α-hetero) is 1. The van der Waals surface area contributed by atoms with Crippen molar-refractivity contribution < 1.29 is 14.3 Å². The first kappa shape index (κ1) is 12.5. The maximum atomic E-state index is 11.9. The topological polar surface area (TPSA) is 61.6 Å². The molecule has 1 aromatic carbocycles. The summed E-state index contributed by atoms with van der Waals surface area (Å²) in [7, 11) is 0. The summed E-state index contributed by atoms with van der Waals surface area (Å²) >= 11 is 0. The molecule has 0 bridgehead atoms. The summed E-state index contributed by atoms with van der Waals surface area (Å²) in [5.74, 6) is 1.74. The molecule has 4 heteroatoms. The maximum absolute atomic E-state index is 11.9. The summed E-state index contributed by atoms with van der Waals surface area (Å²) in [6.45, 7) is 4.87. The van der Waals surface area contributed by atoms with Gasteiger partial charge >= 0.3 is 0 Å². The molecular weight excluding hydrogens is 242 g/mol. The van der Waals surface area contributed by atoms with Crippen LogP contribution in [0.1, 0.15) is 40.9 Å². The Morgan fingerprint density at radius 1 is 1.21 bits per heavy atom. The van der Waals surface area contributed by atoms with Gasteiger partial charge in [-0.3, -0.25) is 4.79 Å². The number of benzene rings is 1. The lowest BCUT2D eigenvalue weighted by Gasteiger charge is -2.17. The average Bonchev–Trinajstić information content (AvgIpc) is 2.95. The molecule has 0 aliphatic carbocycles. The molecule has 2 heterocycles. The van der Waals surface area contributed by atoms with E-state index in [2.05, 4.69) is 0 Å². The van der Waals surface area contributed by atoms with E-state index in [1.54, 1.807) is 6.92 Å². The minimum atomic E-state index is 0.0623. The highest BCUT2D eigenvalue weighted by Gasteiger charge is 2.32. The minimum absolute atomic E-state index is 0.0623. The summed E-state index contributed by atoms with van der Waals surface area (Å²) in [6, 6.07) is 0.0705. The van der Waals surface area contributed by atoms with E-state index >= 15 is 0 Å². The molecule has 3 rings (SSSR count). The number of hydrogen-bond donors (Lipinski definition) is 1. The Morgan fingerprint density at radius 2 is 1.84 bits per heavy atom. The Kier molecular flexibility index (Phi) is 2.97. The number of carbonyl (C=O) groups is 1. The van der Waals surface area contributed by atoms with Crippen LogP contribution in [0.2, 0.25) is 0 Å². The van der Waals surface area contributed by atoms with Crippen LogP contribution >= 0.6 is 0 Å². The lowest BCUT2D eigenvalue weighted by atomic mass is 9.90. The standard InChI is InChI=1S/C15H19NO3/c1-8(16)7-12-10-3-5-19-15(10)13(9(2)17)11-4-6-18-14(11)12/h8H,3-7,16H2,1-2H3. The molecule has 0 fully saturated rings. The fourth-order valence-corrected chi connectivity index (χ4v) is 3.11. The van der Waals surface area contributed by atoms with Crippen LogP contribution in [-0.2, 0) is 19.3 Å². The van der Waals surface area contributed by atoms with Crippen molar-refractivity contribution in [2.45, 2.75) is 39.2 Å². The fraction of sp³-hybridized carbons (Fsp3) is 0.533. The fourth-order valence-electron chi connectivity index (χ4n) is 3.11. The molecule has 0 saturated carbocycles. The third-order valence-electron chi connectivity index (χ3n) is 3.79. The monoisotopic (exact) mass is 261 g/mol. The SMILES string of the molecule is CC(=O)c1c2c(c(CC(C)N)c3c1OCC3)OCC2. The molecule has 2 aliphatic heterocycles. The Morgan fingerprint density at radius 3 is 2.47 bits per heavy atom. The molecule has 19 heavy (non-hydrogen) atoms. The second kappa shape index (κ2) is 4.53. The van der Waals surface area contributed by atoms with Gasteiger partial charge in [0.25, 0.3) is 0 Å². The molecule has 0 radical (unpaired) electrons. The number of rotatable bonds is 3. The predicted molar refractivity (Wildman–Crippen MR) is 72.2 cm³/mol.